The highest BCUT2D eigenvalue weighted by molar-refractivity contribution is 6.42. The van der Waals surface area contributed by atoms with Crippen LogP contribution >= 0.6 is 23.2 Å². The van der Waals surface area contributed by atoms with Gasteiger partial charge in [0.2, 0.25) is 0 Å². The summed E-state index contributed by atoms with van der Waals surface area (Å²) in [7, 11) is 1.96. The fourth-order valence-electron chi connectivity index (χ4n) is 1.79. The van der Waals surface area contributed by atoms with E-state index in [0.717, 1.165) is 38.0 Å². The molecule has 0 aliphatic heterocycles. The Hall–Kier alpha value is -0.280. The molecule has 0 heterocycles. The van der Waals surface area contributed by atoms with E-state index in [4.69, 9.17) is 27.9 Å². The molecular formula is C14H21Cl2NO. The molecule has 0 aromatic heterocycles. The van der Waals surface area contributed by atoms with Crippen LogP contribution in [0.15, 0.2) is 18.2 Å². The molecule has 4 heteroatoms. The van der Waals surface area contributed by atoms with E-state index in [0.29, 0.717) is 16.1 Å². The lowest BCUT2D eigenvalue weighted by atomic mass is 10.0. The molecular weight excluding hydrogens is 269 g/mol. The molecule has 0 bridgehead atoms. The van der Waals surface area contributed by atoms with Gasteiger partial charge in [0.15, 0.2) is 0 Å². The third-order valence-electron chi connectivity index (χ3n) is 2.87. The molecule has 1 N–H and O–H groups in total. The van der Waals surface area contributed by atoms with Crippen LogP contribution in [-0.4, -0.2) is 26.3 Å². The molecule has 18 heavy (non-hydrogen) atoms. The van der Waals surface area contributed by atoms with Crippen molar-refractivity contribution in [2.75, 3.05) is 20.3 Å². The first-order valence-corrected chi connectivity index (χ1v) is 7.12. The van der Waals surface area contributed by atoms with Crippen molar-refractivity contribution in [1.82, 2.24) is 5.32 Å². The summed E-state index contributed by atoms with van der Waals surface area (Å²) in [4.78, 5) is 0. The molecule has 1 atom stereocenters. The fraction of sp³-hybridized carbons (Fsp3) is 0.571. The number of rotatable bonds is 8. The second-order valence-electron chi connectivity index (χ2n) is 4.30. The Morgan fingerprint density at radius 3 is 2.72 bits per heavy atom. The second kappa shape index (κ2) is 8.76. The van der Waals surface area contributed by atoms with E-state index < -0.39 is 0 Å². The SMILES string of the molecule is CCCOCCC(Cc1cccc(Cl)c1Cl)NC. The number of nitrogens with one attached hydrogen (secondary N) is 1. The molecule has 0 spiro atoms. The lowest BCUT2D eigenvalue weighted by Gasteiger charge is -2.17. The maximum absolute atomic E-state index is 6.19. The van der Waals surface area contributed by atoms with Crippen molar-refractivity contribution in [2.24, 2.45) is 0 Å². The van der Waals surface area contributed by atoms with Crippen molar-refractivity contribution >= 4 is 23.2 Å². The summed E-state index contributed by atoms with van der Waals surface area (Å²) in [5.41, 5.74) is 1.08. The normalized spacial score (nSPS) is 12.7. The minimum Gasteiger partial charge on any atom is -0.381 e. The van der Waals surface area contributed by atoms with Crippen molar-refractivity contribution < 1.29 is 4.74 Å². The first-order valence-electron chi connectivity index (χ1n) is 6.37. The molecule has 0 radical (unpaired) electrons. The third-order valence-corrected chi connectivity index (χ3v) is 3.72. The van der Waals surface area contributed by atoms with Crippen molar-refractivity contribution in [3.63, 3.8) is 0 Å². The maximum Gasteiger partial charge on any atom is 0.0624 e. The van der Waals surface area contributed by atoms with Gasteiger partial charge in [-0.05, 0) is 37.9 Å². The summed E-state index contributed by atoms with van der Waals surface area (Å²) >= 11 is 12.2. The first-order chi connectivity index (χ1) is 8.69. The molecule has 0 saturated carbocycles. The monoisotopic (exact) mass is 289 g/mol. The zero-order valence-corrected chi connectivity index (χ0v) is 12.5. The van der Waals surface area contributed by atoms with Gasteiger partial charge in [-0.3, -0.25) is 0 Å². The average molecular weight is 290 g/mol. The molecule has 0 fully saturated rings. The van der Waals surface area contributed by atoms with Gasteiger partial charge in [-0.25, -0.2) is 0 Å². The molecule has 0 aliphatic carbocycles. The van der Waals surface area contributed by atoms with E-state index in [2.05, 4.69) is 12.2 Å². The van der Waals surface area contributed by atoms with Crippen molar-refractivity contribution in [2.45, 2.75) is 32.2 Å². The standard InChI is InChI=1S/C14H21Cl2NO/c1-3-8-18-9-7-12(17-2)10-11-5-4-6-13(15)14(11)16/h4-6,12,17H,3,7-10H2,1-2H3. The maximum atomic E-state index is 6.19. The highest BCUT2D eigenvalue weighted by Gasteiger charge is 2.11. The fourth-order valence-corrected chi connectivity index (χ4v) is 2.19. The molecule has 0 amide bonds. The lowest BCUT2D eigenvalue weighted by molar-refractivity contribution is 0.125. The Morgan fingerprint density at radius 2 is 2.06 bits per heavy atom. The van der Waals surface area contributed by atoms with Crippen LogP contribution in [0.25, 0.3) is 0 Å². The molecule has 102 valence electrons. The molecule has 1 aromatic rings. The highest BCUT2D eigenvalue weighted by atomic mass is 35.5. The number of hydrogen-bond donors (Lipinski definition) is 1. The van der Waals surface area contributed by atoms with Crippen LogP contribution in [0.4, 0.5) is 0 Å². The predicted molar refractivity (Wildman–Crippen MR) is 78.7 cm³/mol. The van der Waals surface area contributed by atoms with Crippen molar-refractivity contribution in [3.05, 3.63) is 33.8 Å². The van der Waals surface area contributed by atoms with E-state index in [1.165, 1.54) is 0 Å². The van der Waals surface area contributed by atoms with Gasteiger partial charge in [-0.15, -0.1) is 0 Å². The summed E-state index contributed by atoms with van der Waals surface area (Å²) < 4.78 is 5.51. The molecule has 1 rings (SSSR count). The predicted octanol–water partition coefficient (Wildman–Crippen LogP) is 3.94. The Labute approximate surface area is 120 Å². The van der Waals surface area contributed by atoms with Crippen LogP contribution < -0.4 is 5.32 Å². The number of hydrogen-bond acceptors (Lipinski definition) is 2. The molecule has 2 nitrogen and oxygen atoms in total. The minimum atomic E-state index is 0.359. The second-order valence-corrected chi connectivity index (χ2v) is 5.09. The van der Waals surface area contributed by atoms with E-state index in [1.54, 1.807) is 0 Å². The van der Waals surface area contributed by atoms with Gasteiger partial charge in [-0.1, -0.05) is 42.3 Å². The van der Waals surface area contributed by atoms with Crippen LogP contribution in [0.3, 0.4) is 0 Å². The smallest absolute Gasteiger partial charge is 0.0624 e. The summed E-state index contributed by atoms with van der Waals surface area (Å²) in [5.74, 6) is 0. The van der Waals surface area contributed by atoms with Crippen LogP contribution in [0.1, 0.15) is 25.3 Å². The number of benzene rings is 1. The summed E-state index contributed by atoms with van der Waals surface area (Å²) in [6.45, 7) is 3.72. The van der Waals surface area contributed by atoms with Gasteiger partial charge in [0.1, 0.15) is 0 Å². The van der Waals surface area contributed by atoms with E-state index in [-0.39, 0.29) is 0 Å². The van der Waals surface area contributed by atoms with Crippen LogP contribution in [0.5, 0.6) is 0 Å². The zero-order valence-electron chi connectivity index (χ0n) is 11.0. The third kappa shape index (κ3) is 5.15. The summed E-state index contributed by atoms with van der Waals surface area (Å²) in [5, 5.41) is 4.57. The van der Waals surface area contributed by atoms with E-state index in [9.17, 15) is 0 Å². The zero-order chi connectivity index (χ0) is 13.4. The number of likely N-dealkylation sites (N-methyl/N-ethyl adjacent to an activating group) is 1. The van der Waals surface area contributed by atoms with Gasteiger partial charge in [0.05, 0.1) is 10.0 Å². The van der Waals surface area contributed by atoms with Crippen LogP contribution in [-0.2, 0) is 11.2 Å². The minimum absolute atomic E-state index is 0.359. The molecule has 1 aromatic carbocycles. The van der Waals surface area contributed by atoms with Gasteiger partial charge >= 0.3 is 0 Å². The van der Waals surface area contributed by atoms with Gasteiger partial charge in [-0.2, -0.15) is 0 Å². The quantitative estimate of drug-likeness (QED) is 0.732. The summed E-state index contributed by atoms with van der Waals surface area (Å²) in [6.07, 6.45) is 2.90. The average Bonchev–Trinajstić information content (AvgIpc) is 2.38. The van der Waals surface area contributed by atoms with Crippen molar-refractivity contribution in [3.8, 4) is 0 Å². The van der Waals surface area contributed by atoms with Crippen LogP contribution in [0.2, 0.25) is 10.0 Å². The topological polar surface area (TPSA) is 21.3 Å². The molecule has 1 unspecified atom stereocenters. The van der Waals surface area contributed by atoms with Gasteiger partial charge < -0.3 is 10.1 Å². The van der Waals surface area contributed by atoms with Gasteiger partial charge in [0.25, 0.3) is 0 Å². The number of ether oxygens (including phenoxy) is 1. The Morgan fingerprint density at radius 1 is 1.28 bits per heavy atom. The van der Waals surface area contributed by atoms with Crippen molar-refractivity contribution in [1.29, 1.82) is 0 Å². The highest BCUT2D eigenvalue weighted by Crippen LogP contribution is 2.26. The molecule has 0 aliphatic rings. The Kier molecular flexibility index (Phi) is 7.68. The largest absolute Gasteiger partial charge is 0.381 e. The Balaban J connectivity index is 2.49. The van der Waals surface area contributed by atoms with E-state index in [1.807, 2.05) is 25.2 Å². The number of halogens is 2. The lowest BCUT2D eigenvalue weighted by Crippen LogP contribution is -2.29. The Bertz CT molecular complexity index is 358. The van der Waals surface area contributed by atoms with Crippen LogP contribution in [0, 0.1) is 0 Å². The van der Waals surface area contributed by atoms with E-state index >= 15 is 0 Å². The summed E-state index contributed by atoms with van der Waals surface area (Å²) in [6, 6.07) is 6.12. The van der Waals surface area contributed by atoms with Gasteiger partial charge in [0, 0.05) is 19.3 Å². The molecule has 0 saturated heterocycles. The first kappa shape index (κ1) is 15.8.